The quantitative estimate of drug-likeness (QED) is 0.671. The van der Waals surface area contributed by atoms with E-state index in [1.807, 2.05) is 30.3 Å². The van der Waals surface area contributed by atoms with Crippen molar-refractivity contribution >= 4 is 9.84 Å². The summed E-state index contributed by atoms with van der Waals surface area (Å²) in [6, 6.07) is 9.24. The lowest BCUT2D eigenvalue weighted by molar-refractivity contribution is 0.146. The lowest BCUT2D eigenvalue weighted by Gasteiger charge is -2.05. The lowest BCUT2D eigenvalue weighted by atomic mass is 10.2. The molecule has 0 aliphatic rings. The fourth-order valence-electron chi connectivity index (χ4n) is 1.43. The summed E-state index contributed by atoms with van der Waals surface area (Å²) >= 11 is 0. The normalized spacial score (nSPS) is 11.6. The van der Waals surface area contributed by atoms with E-state index >= 15 is 0 Å². The summed E-state index contributed by atoms with van der Waals surface area (Å²) < 4.78 is 28.8. The minimum Gasteiger partial charge on any atom is -0.380 e. The number of benzene rings is 1. The van der Waals surface area contributed by atoms with E-state index in [1.165, 1.54) is 0 Å². The van der Waals surface area contributed by atoms with Crippen molar-refractivity contribution in [2.75, 3.05) is 19.0 Å². The standard InChI is InChI=1S/C13H20O3S/c1-2-3-9-16-10-11-17(14,15)12-13-7-5-4-6-8-13/h4-8H,2-3,9-12H2,1H3. The monoisotopic (exact) mass is 256 g/mol. The maximum atomic E-state index is 11.8. The van der Waals surface area contributed by atoms with Gasteiger partial charge in [-0.05, 0) is 12.0 Å². The second kappa shape index (κ2) is 7.45. The fraction of sp³-hybridized carbons (Fsp3) is 0.538. The Kier molecular flexibility index (Phi) is 6.22. The van der Waals surface area contributed by atoms with Crippen LogP contribution in [0, 0.1) is 0 Å². The average molecular weight is 256 g/mol. The summed E-state index contributed by atoms with van der Waals surface area (Å²) in [6.07, 6.45) is 2.05. The van der Waals surface area contributed by atoms with Crippen molar-refractivity contribution in [3.63, 3.8) is 0 Å². The van der Waals surface area contributed by atoms with Crippen molar-refractivity contribution in [2.45, 2.75) is 25.5 Å². The molecule has 0 aliphatic heterocycles. The average Bonchev–Trinajstić information content (AvgIpc) is 2.29. The zero-order valence-corrected chi connectivity index (χ0v) is 11.1. The number of hydrogen-bond acceptors (Lipinski definition) is 3. The highest BCUT2D eigenvalue weighted by Gasteiger charge is 2.11. The summed E-state index contributed by atoms with van der Waals surface area (Å²) in [4.78, 5) is 0. The Morgan fingerprint density at radius 2 is 1.82 bits per heavy atom. The molecule has 17 heavy (non-hydrogen) atoms. The van der Waals surface area contributed by atoms with Crippen LogP contribution in [0.4, 0.5) is 0 Å². The summed E-state index contributed by atoms with van der Waals surface area (Å²) in [5, 5.41) is 0. The Labute approximate surface area is 104 Å². The predicted octanol–water partition coefficient (Wildman–Crippen LogP) is 2.42. The molecule has 0 amide bonds. The van der Waals surface area contributed by atoms with Gasteiger partial charge < -0.3 is 4.74 Å². The third kappa shape index (κ3) is 6.44. The zero-order chi connectivity index (χ0) is 12.6. The van der Waals surface area contributed by atoms with Crippen LogP contribution >= 0.6 is 0 Å². The van der Waals surface area contributed by atoms with Gasteiger partial charge in [-0.2, -0.15) is 0 Å². The highest BCUT2D eigenvalue weighted by molar-refractivity contribution is 7.90. The molecule has 1 aromatic rings. The number of ether oxygens (including phenoxy) is 1. The summed E-state index contributed by atoms with van der Waals surface area (Å²) in [7, 11) is -3.05. The van der Waals surface area contributed by atoms with Crippen LogP contribution in [0.5, 0.6) is 0 Å². The zero-order valence-electron chi connectivity index (χ0n) is 10.3. The first-order chi connectivity index (χ1) is 8.14. The molecule has 96 valence electrons. The topological polar surface area (TPSA) is 43.4 Å². The number of sulfone groups is 1. The van der Waals surface area contributed by atoms with Crippen molar-refractivity contribution in [3.05, 3.63) is 35.9 Å². The number of unbranched alkanes of at least 4 members (excludes halogenated alkanes) is 1. The second-order valence-corrected chi connectivity index (χ2v) is 6.23. The van der Waals surface area contributed by atoms with Gasteiger partial charge in [-0.3, -0.25) is 0 Å². The molecule has 0 fully saturated rings. The smallest absolute Gasteiger partial charge is 0.156 e. The lowest BCUT2D eigenvalue weighted by Crippen LogP contribution is -2.14. The van der Waals surface area contributed by atoms with Crippen molar-refractivity contribution in [3.8, 4) is 0 Å². The van der Waals surface area contributed by atoms with Gasteiger partial charge in [0.05, 0.1) is 18.1 Å². The molecule has 0 bridgehead atoms. The van der Waals surface area contributed by atoms with Gasteiger partial charge in [0.2, 0.25) is 0 Å². The SMILES string of the molecule is CCCCOCCS(=O)(=O)Cc1ccccc1. The van der Waals surface area contributed by atoms with Crippen molar-refractivity contribution < 1.29 is 13.2 Å². The van der Waals surface area contributed by atoms with E-state index in [0.717, 1.165) is 18.4 Å². The van der Waals surface area contributed by atoms with Crippen molar-refractivity contribution in [1.82, 2.24) is 0 Å². The Balaban J connectivity index is 2.32. The molecule has 0 aromatic heterocycles. The minimum atomic E-state index is -3.05. The van der Waals surface area contributed by atoms with E-state index in [4.69, 9.17) is 4.74 Å². The highest BCUT2D eigenvalue weighted by Crippen LogP contribution is 2.06. The first kappa shape index (κ1) is 14.2. The van der Waals surface area contributed by atoms with Crippen LogP contribution in [-0.4, -0.2) is 27.4 Å². The van der Waals surface area contributed by atoms with Gasteiger partial charge in [-0.25, -0.2) is 8.42 Å². The van der Waals surface area contributed by atoms with E-state index in [9.17, 15) is 8.42 Å². The molecule has 0 N–H and O–H groups in total. The number of rotatable bonds is 8. The van der Waals surface area contributed by atoms with Crippen LogP contribution in [0.25, 0.3) is 0 Å². The third-order valence-electron chi connectivity index (χ3n) is 2.41. The molecule has 0 unspecified atom stereocenters. The molecule has 0 saturated carbocycles. The molecule has 3 nitrogen and oxygen atoms in total. The molecule has 1 aromatic carbocycles. The van der Waals surface area contributed by atoms with Gasteiger partial charge in [0.1, 0.15) is 0 Å². The van der Waals surface area contributed by atoms with Crippen LogP contribution in [0.3, 0.4) is 0 Å². The maximum absolute atomic E-state index is 11.8. The molecular formula is C13H20O3S. The molecule has 0 spiro atoms. The maximum Gasteiger partial charge on any atom is 0.156 e. The number of hydrogen-bond donors (Lipinski definition) is 0. The fourth-order valence-corrected chi connectivity index (χ4v) is 2.65. The van der Waals surface area contributed by atoms with E-state index in [2.05, 4.69) is 6.92 Å². The molecule has 4 heteroatoms. The van der Waals surface area contributed by atoms with Gasteiger partial charge in [0.15, 0.2) is 9.84 Å². The minimum absolute atomic E-state index is 0.102. The third-order valence-corrected chi connectivity index (χ3v) is 3.97. The summed E-state index contributed by atoms with van der Waals surface area (Å²) in [5.41, 5.74) is 0.834. The van der Waals surface area contributed by atoms with Crippen LogP contribution in [-0.2, 0) is 20.3 Å². The molecule has 1 rings (SSSR count). The van der Waals surface area contributed by atoms with E-state index in [1.54, 1.807) is 0 Å². The Morgan fingerprint density at radius 3 is 2.47 bits per heavy atom. The van der Waals surface area contributed by atoms with E-state index in [-0.39, 0.29) is 11.5 Å². The molecule has 0 radical (unpaired) electrons. The van der Waals surface area contributed by atoms with E-state index < -0.39 is 9.84 Å². The van der Waals surface area contributed by atoms with Gasteiger partial charge in [0.25, 0.3) is 0 Å². The first-order valence-corrected chi connectivity index (χ1v) is 7.78. The first-order valence-electron chi connectivity index (χ1n) is 5.96. The van der Waals surface area contributed by atoms with Crippen LogP contribution in [0.15, 0.2) is 30.3 Å². The summed E-state index contributed by atoms with van der Waals surface area (Å²) in [6.45, 7) is 3.03. The summed E-state index contributed by atoms with van der Waals surface area (Å²) in [5.74, 6) is 0.205. The molecule has 0 saturated heterocycles. The molecular weight excluding hydrogens is 236 g/mol. The second-order valence-electron chi connectivity index (χ2n) is 4.04. The Bertz CT molecular complexity index is 398. The predicted molar refractivity (Wildman–Crippen MR) is 69.7 cm³/mol. The van der Waals surface area contributed by atoms with E-state index in [0.29, 0.717) is 13.2 Å². The van der Waals surface area contributed by atoms with Gasteiger partial charge in [-0.1, -0.05) is 43.7 Å². The van der Waals surface area contributed by atoms with Gasteiger partial charge >= 0.3 is 0 Å². The van der Waals surface area contributed by atoms with Crippen molar-refractivity contribution in [1.29, 1.82) is 0 Å². The molecule has 0 heterocycles. The molecule has 0 aliphatic carbocycles. The highest BCUT2D eigenvalue weighted by atomic mass is 32.2. The van der Waals surface area contributed by atoms with Crippen LogP contribution < -0.4 is 0 Å². The van der Waals surface area contributed by atoms with Crippen LogP contribution in [0.2, 0.25) is 0 Å². The van der Waals surface area contributed by atoms with Crippen molar-refractivity contribution in [2.24, 2.45) is 0 Å². The largest absolute Gasteiger partial charge is 0.380 e. The van der Waals surface area contributed by atoms with Gasteiger partial charge in [-0.15, -0.1) is 0 Å². The molecule has 0 atom stereocenters. The van der Waals surface area contributed by atoms with Gasteiger partial charge in [0, 0.05) is 6.61 Å². The Hall–Kier alpha value is -0.870. The Morgan fingerprint density at radius 1 is 1.12 bits per heavy atom. The van der Waals surface area contributed by atoms with Crippen LogP contribution in [0.1, 0.15) is 25.3 Å².